The van der Waals surface area contributed by atoms with Gasteiger partial charge in [-0.2, -0.15) is 0 Å². The molecule has 3 aromatic rings. The van der Waals surface area contributed by atoms with Crippen LogP contribution in [0.2, 0.25) is 0 Å². The lowest BCUT2D eigenvalue weighted by Gasteiger charge is -2.16. The Bertz CT molecular complexity index is 1200. The van der Waals surface area contributed by atoms with E-state index in [0.717, 1.165) is 35.9 Å². The van der Waals surface area contributed by atoms with E-state index in [1.165, 1.54) is 0 Å². The van der Waals surface area contributed by atoms with Crippen LogP contribution < -0.4 is 20.9 Å². The Hall–Kier alpha value is -3.33. The molecule has 0 aliphatic heterocycles. The van der Waals surface area contributed by atoms with Crippen molar-refractivity contribution < 1.29 is 14.3 Å². The molecule has 4 rings (SSSR count). The van der Waals surface area contributed by atoms with Crippen molar-refractivity contribution in [1.82, 2.24) is 20.2 Å². The molecule has 32 heavy (non-hydrogen) atoms. The number of carbonyl (C=O) groups is 2. The molecule has 0 spiro atoms. The molecule has 1 unspecified atom stereocenters. The average molecular weight is 453 g/mol. The molecular weight excluding hydrogens is 428 g/mol. The summed E-state index contributed by atoms with van der Waals surface area (Å²) in [6, 6.07) is 14.2. The largest absolute Gasteiger partial charge is 0.497 e. The first kappa shape index (κ1) is 21.9. The van der Waals surface area contributed by atoms with Gasteiger partial charge >= 0.3 is 6.03 Å². The summed E-state index contributed by atoms with van der Waals surface area (Å²) >= 11 is 1.15. The second-order valence-corrected chi connectivity index (χ2v) is 8.96. The molecule has 9 heteroatoms. The van der Waals surface area contributed by atoms with Gasteiger partial charge in [0.25, 0.3) is 5.56 Å². The summed E-state index contributed by atoms with van der Waals surface area (Å²) in [7, 11) is 1.60. The second kappa shape index (κ2) is 9.44. The van der Waals surface area contributed by atoms with Gasteiger partial charge in [-0.25, -0.2) is 9.78 Å². The number of carbonyl (C=O) groups excluding carboxylic acids is 2. The van der Waals surface area contributed by atoms with E-state index >= 15 is 0 Å². The highest BCUT2D eigenvalue weighted by atomic mass is 32.2. The van der Waals surface area contributed by atoms with Crippen LogP contribution in [0.3, 0.4) is 0 Å². The number of hydrogen-bond donors (Lipinski definition) is 2. The molecular formula is C23H24N4O4S. The van der Waals surface area contributed by atoms with Crippen LogP contribution >= 0.6 is 11.8 Å². The predicted molar refractivity (Wildman–Crippen MR) is 123 cm³/mol. The van der Waals surface area contributed by atoms with Gasteiger partial charge in [0.1, 0.15) is 5.75 Å². The van der Waals surface area contributed by atoms with Crippen LogP contribution in [0.15, 0.2) is 58.5 Å². The smallest absolute Gasteiger partial charge is 0.321 e. The molecule has 1 atom stereocenters. The van der Waals surface area contributed by atoms with Crippen molar-refractivity contribution in [3.63, 3.8) is 0 Å². The van der Waals surface area contributed by atoms with Crippen LogP contribution in [0.5, 0.6) is 5.75 Å². The lowest BCUT2D eigenvalue weighted by molar-refractivity contribution is -0.119. The molecule has 1 saturated carbocycles. The van der Waals surface area contributed by atoms with Gasteiger partial charge < -0.3 is 10.1 Å². The quantitative estimate of drug-likeness (QED) is 0.422. The van der Waals surface area contributed by atoms with E-state index in [4.69, 9.17) is 4.74 Å². The zero-order chi connectivity index (χ0) is 22.7. The second-order valence-electron chi connectivity index (χ2n) is 7.65. The third-order valence-electron chi connectivity index (χ3n) is 5.13. The lowest BCUT2D eigenvalue weighted by Crippen LogP contribution is -2.43. The Morgan fingerprint density at radius 3 is 2.59 bits per heavy atom. The van der Waals surface area contributed by atoms with E-state index < -0.39 is 17.2 Å². The minimum absolute atomic E-state index is 0.155. The van der Waals surface area contributed by atoms with E-state index in [2.05, 4.69) is 15.6 Å². The number of ether oxygens (including phenoxy) is 1. The fourth-order valence-electron chi connectivity index (χ4n) is 3.16. The van der Waals surface area contributed by atoms with E-state index in [-0.39, 0.29) is 11.6 Å². The molecule has 0 saturated heterocycles. The third-order valence-corrected chi connectivity index (χ3v) is 6.22. The van der Waals surface area contributed by atoms with E-state index in [9.17, 15) is 14.4 Å². The van der Waals surface area contributed by atoms with Gasteiger partial charge in [-0.3, -0.25) is 19.5 Å². The van der Waals surface area contributed by atoms with Crippen LogP contribution in [-0.2, 0) is 11.3 Å². The Balaban J connectivity index is 1.60. The number of benzene rings is 2. The Labute approximate surface area is 189 Å². The fourth-order valence-corrected chi connectivity index (χ4v) is 4.07. The van der Waals surface area contributed by atoms with Gasteiger partial charge in [-0.1, -0.05) is 36.0 Å². The first-order chi connectivity index (χ1) is 15.4. The van der Waals surface area contributed by atoms with Gasteiger partial charge in [-0.15, -0.1) is 0 Å². The number of para-hydroxylation sites is 1. The topological polar surface area (TPSA) is 102 Å². The number of fused-ring (bicyclic) bond motifs is 1. The summed E-state index contributed by atoms with van der Waals surface area (Å²) in [5, 5.41) is 5.38. The molecule has 1 heterocycles. The minimum Gasteiger partial charge on any atom is -0.497 e. The van der Waals surface area contributed by atoms with Crippen molar-refractivity contribution in [1.29, 1.82) is 0 Å². The van der Waals surface area contributed by atoms with E-state index in [1.54, 1.807) is 36.8 Å². The number of thioether (sulfide) groups is 1. The summed E-state index contributed by atoms with van der Waals surface area (Å²) in [6.07, 6.45) is 1.87. The first-order valence-electron chi connectivity index (χ1n) is 10.3. The first-order valence-corrected chi connectivity index (χ1v) is 11.2. The number of amides is 3. The van der Waals surface area contributed by atoms with Gasteiger partial charge in [0.2, 0.25) is 5.91 Å². The molecule has 3 amide bonds. The number of methoxy groups -OCH3 is 1. The monoisotopic (exact) mass is 452 g/mol. The summed E-state index contributed by atoms with van der Waals surface area (Å²) in [4.78, 5) is 42.3. The van der Waals surface area contributed by atoms with Crippen molar-refractivity contribution in [2.75, 3.05) is 7.11 Å². The SMILES string of the molecule is COc1ccc(Cn2c(SC(C)C(=O)NC(=O)NC3CC3)nc3ccccc3c2=O)cc1. The zero-order valence-electron chi connectivity index (χ0n) is 17.8. The molecule has 166 valence electrons. The maximum atomic E-state index is 13.3. The van der Waals surface area contributed by atoms with Crippen LogP contribution in [0.4, 0.5) is 4.79 Å². The third kappa shape index (κ3) is 5.11. The Morgan fingerprint density at radius 1 is 1.19 bits per heavy atom. The van der Waals surface area contributed by atoms with Gasteiger partial charge in [0.15, 0.2) is 5.16 Å². The molecule has 0 radical (unpaired) electrons. The highest BCUT2D eigenvalue weighted by molar-refractivity contribution is 8.00. The summed E-state index contributed by atoms with van der Waals surface area (Å²) in [5.74, 6) is 0.286. The molecule has 2 N–H and O–H groups in total. The predicted octanol–water partition coefficient (Wildman–Crippen LogP) is 2.92. The van der Waals surface area contributed by atoms with Crippen molar-refractivity contribution >= 4 is 34.6 Å². The number of rotatable bonds is 7. The number of hydrogen-bond acceptors (Lipinski definition) is 6. The molecule has 1 aromatic heterocycles. The number of nitrogens with one attached hydrogen (secondary N) is 2. The highest BCUT2D eigenvalue weighted by Gasteiger charge is 2.26. The van der Waals surface area contributed by atoms with Gasteiger partial charge in [-0.05, 0) is 49.6 Å². The maximum Gasteiger partial charge on any atom is 0.321 e. The molecule has 8 nitrogen and oxygen atoms in total. The van der Waals surface area contributed by atoms with Crippen molar-refractivity contribution in [3.05, 3.63) is 64.4 Å². The van der Waals surface area contributed by atoms with Crippen molar-refractivity contribution in [3.8, 4) is 5.75 Å². The lowest BCUT2D eigenvalue weighted by atomic mass is 10.2. The number of nitrogens with zero attached hydrogens (tertiary/aromatic N) is 2. The number of imide groups is 1. The molecule has 2 aromatic carbocycles. The molecule has 0 bridgehead atoms. The van der Waals surface area contributed by atoms with Crippen LogP contribution in [0, 0.1) is 0 Å². The molecule has 1 aliphatic rings. The number of aromatic nitrogens is 2. The standard InChI is InChI=1S/C23H24N4O4S/c1-14(20(28)26-22(30)24-16-9-10-16)32-23-25-19-6-4-3-5-18(19)21(29)27(23)13-15-7-11-17(31-2)12-8-15/h3-8,11-12,14,16H,9-10,13H2,1-2H3,(H2,24,26,28,30). The zero-order valence-corrected chi connectivity index (χ0v) is 18.6. The Kier molecular flexibility index (Phi) is 6.45. The van der Waals surface area contributed by atoms with Crippen molar-refractivity contribution in [2.24, 2.45) is 0 Å². The summed E-state index contributed by atoms with van der Waals surface area (Å²) < 4.78 is 6.76. The summed E-state index contributed by atoms with van der Waals surface area (Å²) in [5.41, 5.74) is 1.27. The van der Waals surface area contributed by atoms with Crippen LogP contribution in [0.1, 0.15) is 25.3 Å². The van der Waals surface area contributed by atoms with Gasteiger partial charge in [0.05, 0.1) is 29.8 Å². The number of urea groups is 1. The average Bonchev–Trinajstić information content (AvgIpc) is 3.60. The van der Waals surface area contributed by atoms with E-state index in [0.29, 0.717) is 22.6 Å². The fraction of sp³-hybridized carbons (Fsp3) is 0.304. The molecule has 1 fully saturated rings. The summed E-state index contributed by atoms with van der Waals surface area (Å²) in [6.45, 7) is 1.98. The minimum atomic E-state index is -0.630. The van der Waals surface area contributed by atoms with E-state index in [1.807, 2.05) is 30.3 Å². The maximum absolute atomic E-state index is 13.3. The molecule has 1 aliphatic carbocycles. The van der Waals surface area contributed by atoms with Gasteiger partial charge in [0, 0.05) is 6.04 Å². The van der Waals surface area contributed by atoms with Crippen LogP contribution in [0.25, 0.3) is 10.9 Å². The Morgan fingerprint density at radius 2 is 1.91 bits per heavy atom. The van der Waals surface area contributed by atoms with Crippen LogP contribution in [-0.4, -0.2) is 39.9 Å². The highest BCUT2D eigenvalue weighted by Crippen LogP contribution is 2.24. The normalized spacial score (nSPS) is 14.1. The van der Waals surface area contributed by atoms with Crippen molar-refractivity contribution in [2.45, 2.75) is 42.8 Å².